The largest absolute Gasteiger partial charge is 0.469 e. The maximum atomic E-state index is 11.7. The Bertz CT molecular complexity index is 516. The summed E-state index contributed by atoms with van der Waals surface area (Å²) in [6, 6.07) is 11.3. The van der Waals surface area contributed by atoms with Crippen LogP contribution < -0.4 is 11.1 Å². The van der Waals surface area contributed by atoms with E-state index in [4.69, 9.17) is 10.2 Å². The van der Waals surface area contributed by atoms with E-state index in [-0.39, 0.29) is 11.9 Å². The minimum atomic E-state index is -0.0232. The van der Waals surface area contributed by atoms with E-state index in [0.29, 0.717) is 12.8 Å². The number of amides is 1. The lowest BCUT2D eigenvalue weighted by Gasteiger charge is -2.08. The lowest BCUT2D eigenvalue weighted by Crippen LogP contribution is -2.12. The summed E-state index contributed by atoms with van der Waals surface area (Å²) in [5, 5.41) is 2.85. The van der Waals surface area contributed by atoms with E-state index in [2.05, 4.69) is 5.32 Å². The Morgan fingerprint density at radius 3 is 2.63 bits per heavy atom. The van der Waals surface area contributed by atoms with Crippen LogP contribution in [0, 0.1) is 0 Å². The fraction of sp³-hybridized carbons (Fsp3) is 0.267. The Kier molecular flexibility index (Phi) is 4.36. The van der Waals surface area contributed by atoms with Gasteiger partial charge in [-0.25, -0.2) is 0 Å². The summed E-state index contributed by atoms with van der Waals surface area (Å²) in [5.74, 6) is 0.799. The van der Waals surface area contributed by atoms with Gasteiger partial charge in [-0.3, -0.25) is 4.79 Å². The van der Waals surface area contributed by atoms with Gasteiger partial charge in [-0.05, 0) is 36.8 Å². The first-order valence-electron chi connectivity index (χ1n) is 6.33. The molecule has 1 unspecified atom stereocenters. The van der Waals surface area contributed by atoms with Gasteiger partial charge in [0.2, 0.25) is 5.91 Å². The molecule has 2 aromatic rings. The molecule has 2 rings (SSSR count). The van der Waals surface area contributed by atoms with E-state index in [1.54, 1.807) is 6.26 Å². The molecule has 0 aliphatic heterocycles. The Labute approximate surface area is 112 Å². The molecule has 1 atom stereocenters. The molecule has 3 N–H and O–H groups in total. The van der Waals surface area contributed by atoms with Crippen LogP contribution in [0.15, 0.2) is 47.1 Å². The van der Waals surface area contributed by atoms with Gasteiger partial charge in [0.15, 0.2) is 0 Å². The van der Waals surface area contributed by atoms with Gasteiger partial charge >= 0.3 is 0 Å². The van der Waals surface area contributed by atoms with Crippen LogP contribution in [-0.2, 0) is 11.2 Å². The quantitative estimate of drug-likeness (QED) is 0.866. The number of anilines is 1. The van der Waals surface area contributed by atoms with Gasteiger partial charge < -0.3 is 15.5 Å². The zero-order valence-corrected chi connectivity index (χ0v) is 10.9. The third-order valence-electron chi connectivity index (χ3n) is 2.90. The summed E-state index contributed by atoms with van der Waals surface area (Å²) >= 11 is 0. The molecule has 4 nitrogen and oxygen atoms in total. The highest BCUT2D eigenvalue weighted by Gasteiger charge is 2.05. The summed E-state index contributed by atoms with van der Waals surface area (Å²) in [7, 11) is 0. The highest BCUT2D eigenvalue weighted by Crippen LogP contribution is 2.14. The minimum absolute atomic E-state index is 0.00343. The average molecular weight is 258 g/mol. The predicted molar refractivity (Wildman–Crippen MR) is 74.7 cm³/mol. The van der Waals surface area contributed by atoms with Gasteiger partial charge in [-0.1, -0.05) is 12.1 Å². The molecular formula is C15H18N2O2. The SMILES string of the molecule is CC(N)c1ccc(NC(=O)CCc2ccco2)cc1. The number of carbonyl (C=O) groups is 1. The van der Waals surface area contributed by atoms with Gasteiger partial charge in [0.1, 0.15) is 5.76 Å². The van der Waals surface area contributed by atoms with Crippen molar-refractivity contribution in [3.8, 4) is 0 Å². The molecule has 0 aliphatic carbocycles. The topological polar surface area (TPSA) is 68.3 Å². The third-order valence-corrected chi connectivity index (χ3v) is 2.90. The van der Waals surface area contributed by atoms with Crippen molar-refractivity contribution in [1.82, 2.24) is 0 Å². The zero-order valence-electron chi connectivity index (χ0n) is 10.9. The van der Waals surface area contributed by atoms with Crippen LogP contribution in [0.3, 0.4) is 0 Å². The van der Waals surface area contributed by atoms with Crippen molar-refractivity contribution in [2.75, 3.05) is 5.32 Å². The van der Waals surface area contributed by atoms with Crippen LogP contribution in [0.4, 0.5) is 5.69 Å². The molecule has 0 bridgehead atoms. The summed E-state index contributed by atoms with van der Waals surface area (Å²) in [6.07, 6.45) is 2.62. The monoisotopic (exact) mass is 258 g/mol. The summed E-state index contributed by atoms with van der Waals surface area (Å²) in [6.45, 7) is 1.93. The zero-order chi connectivity index (χ0) is 13.7. The molecule has 0 fully saturated rings. The van der Waals surface area contributed by atoms with Crippen LogP contribution in [0.2, 0.25) is 0 Å². The molecule has 19 heavy (non-hydrogen) atoms. The van der Waals surface area contributed by atoms with E-state index in [1.807, 2.05) is 43.3 Å². The molecule has 0 radical (unpaired) electrons. The number of nitrogens with one attached hydrogen (secondary N) is 1. The van der Waals surface area contributed by atoms with Crippen molar-refractivity contribution < 1.29 is 9.21 Å². The maximum absolute atomic E-state index is 11.7. The second-order valence-electron chi connectivity index (χ2n) is 4.54. The van der Waals surface area contributed by atoms with E-state index < -0.39 is 0 Å². The molecular weight excluding hydrogens is 240 g/mol. The number of furan rings is 1. The maximum Gasteiger partial charge on any atom is 0.224 e. The molecule has 1 aromatic heterocycles. The Morgan fingerprint density at radius 2 is 2.05 bits per heavy atom. The molecule has 0 spiro atoms. The molecule has 1 amide bonds. The lowest BCUT2D eigenvalue weighted by molar-refractivity contribution is -0.116. The van der Waals surface area contributed by atoms with Crippen molar-refractivity contribution in [1.29, 1.82) is 0 Å². The first-order chi connectivity index (χ1) is 9.15. The fourth-order valence-corrected chi connectivity index (χ4v) is 1.79. The van der Waals surface area contributed by atoms with Crippen molar-refractivity contribution in [3.05, 3.63) is 54.0 Å². The number of hydrogen-bond donors (Lipinski definition) is 2. The second-order valence-corrected chi connectivity index (χ2v) is 4.54. The Hall–Kier alpha value is -2.07. The first kappa shape index (κ1) is 13.4. The highest BCUT2D eigenvalue weighted by molar-refractivity contribution is 5.90. The van der Waals surface area contributed by atoms with Gasteiger partial charge in [0.25, 0.3) is 0 Å². The summed E-state index contributed by atoms with van der Waals surface area (Å²) in [5.41, 5.74) is 7.60. The van der Waals surface area contributed by atoms with Gasteiger partial charge in [0, 0.05) is 24.6 Å². The molecule has 1 heterocycles. The second kappa shape index (κ2) is 6.20. The lowest BCUT2D eigenvalue weighted by atomic mass is 10.1. The van der Waals surface area contributed by atoms with Crippen LogP contribution in [0.1, 0.15) is 30.7 Å². The van der Waals surface area contributed by atoms with Crippen molar-refractivity contribution >= 4 is 11.6 Å². The predicted octanol–water partition coefficient (Wildman–Crippen LogP) is 2.87. The van der Waals surface area contributed by atoms with Crippen LogP contribution in [0.5, 0.6) is 0 Å². The van der Waals surface area contributed by atoms with E-state index in [1.165, 1.54) is 0 Å². The standard InChI is InChI=1S/C15H18N2O2/c1-11(16)12-4-6-13(7-5-12)17-15(18)9-8-14-3-2-10-19-14/h2-7,10-11H,8-9,16H2,1H3,(H,17,18). The van der Waals surface area contributed by atoms with Crippen LogP contribution >= 0.6 is 0 Å². The van der Waals surface area contributed by atoms with Crippen LogP contribution in [0.25, 0.3) is 0 Å². The number of nitrogens with two attached hydrogens (primary N) is 1. The number of rotatable bonds is 5. The van der Waals surface area contributed by atoms with E-state index in [9.17, 15) is 4.79 Å². The molecule has 0 aliphatic rings. The Morgan fingerprint density at radius 1 is 1.32 bits per heavy atom. The molecule has 0 saturated carbocycles. The molecule has 4 heteroatoms. The first-order valence-corrected chi connectivity index (χ1v) is 6.33. The number of carbonyl (C=O) groups excluding carboxylic acids is 1. The van der Waals surface area contributed by atoms with E-state index in [0.717, 1.165) is 17.0 Å². The number of aryl methyl sites for hydroxylation is 1. The minimum Gasteiger partial charge on any atom is -0.469 e. The molecule has 100 valence electrons. The summed E-state index contributed by atoms with van der Waals surface area (Å²) < 4.78 is 5.18. The van der Waals surface area contributed by atoms with Crippen molar-refractivity contribution in [2.45, 2.75) is 25.8 Å². The van der Waals surface area contributed by atoms with Crippen molar-refractivity contribution in [3.63, 3.8) is 0 Å². The van der Waals surface area contributed by atoms with Gasteiger partial charge in [-0.2, -0.15) is 0 Å². The molecule has 1 aromatic carbocycles. The average Bonchev–Trinajstić information content (AvgIpc) is 2.90. The summed E-state index contributed by atoms with van der Waals surface area (Å²) in [4.78, 5) is 11.7. The molecule has 0 saturated heterocycles. The van der Waals surface area contributed by atoms with Crippen LogP contribution in [-0.4, -0.2) is 5.91 Å². The smallest absolute Gasteiger partial charge is 0.224 e. The van der Waals surface area contributed by atoms with Gasteiger partial charge in [-0.15, -0.1) is 0 Å². The highest BCUT2D eigenvalue weighted by atomic mass is 16.3. The number of hydrogen-bond acceptors (Lipinski definition) is 3. The fourth-order valence-electron chi connectivity index (χ4n) is 1.79. The normalized spacial score (nSPS) is 12.1. The van der Waals surface area contributed by atoms with Gasteiger partial charge in [0.05, 0.1) is 6.26 Å². The van der Waals surface area contributed by atoms with E-state index >= 15 is 0 Å². The number of benzene rings is 1. The van der Waals surface area contributed by atoms with Crippen molar-refractivity contribution in [2.24, 2.45) is 5.73 Å². The Balaban J connectivity index is 1.84. The third kappa shape index (κ3) is 3.96.